The van der Waals surface area contributed by atoms with Crippen molar-refractivity contribution in [1.82, 2.24) is 25.8 Å². The number of aromatic amines is 1. The van der Waals surface area contributed by atoms with Crippen LogP contribution in [0.1, 0.15) is 55.5 Å². The van der Waals surface area contributed by atoms with Crippen LogP contribution >= 0.6 is 0 Å². The summed E-state index contributed by atoms with van der Waals surface area (Å²) in [6.45, 7) is 6.01. The van der Waals surface area contributed by atoms with Crippen LogP contribution < -0.4 is 10.6 Å². The fourth-order valence-corrected chi connectivity index (χ4v) is 2.05. The number of carbonyl (C=O) groups excluding carboxylic acids is 1. The Morgan fingerprint density at radius 2 is 2.22 bits per heavy atom. The highest BCUT2D eigenvalue weighted by molar-refractivity contribution is 5.90. The minimum Gasteiger partial charge on any atom is -0.346 e. The van der Waals surface area contributed by atoms with Gasteiger partial charge in [-0.1, -0.05) is 13.8 Å². The van der Waals surface area contributed by atoms with Gasteiger partial charge >= 0.3 is 0 Å². The molecule has 100 valence electrons. The molecule has 0 aliphatic carbocycles. The molecule has 1 aliphatic heterocycles. The Morgan fingerprint density at radius 3 is 2.94 bits per heavy atom. The van der Waals surface area contributed by atoms with E-state index in [0.29, 0.717) is 0 Å². The zero-order valence-electron chi connectivity index (χ0n) is 11.0. The maximum Gasteiger partial charge on any atom is 0.291 e. The highest BCUT2D eigenvalue weighted by atomic mass is 16.2. The number of H-pyrrole nitrogens is 1. The SMILES string of the molecule is CC(C)c1nc(C(=O)NC2CCCNCC2)n[nH]1. The summed E-state index contributed by atoms with van der Waals surface area (Å²) in [6.07, 6.45) is 3.07. The Labute approximate surface area is 107 Å². The maximum atomic E-state index is 12.0. The number of carbonyl (C=O) groups is 1. The number of hydrogen-bond donors (Lipinski definition) is 3. The van der Waals surface area contributed by atoms with Gasteiger partial charge in [-0.25, -0.2) is 4.98 Å². The maximum absolute atomic E-state index is 12.0. The van der Waals surface area contributed by atoms with Crippen molar-refractivity contribution in [2.75, 3.05) is 13.1 Å². The molecular weight excluding hydrogens is 230 g/mol. The van der Waals surface area contributed by atoms with Gasteiger partial charge in [0.15, 0.2) is 0 Å². The van der Waals surface area contributed by atoms with Crippen molar-refractivity contribution in [3.63, 3.8) is 0 Å². The minimum atomic E-state index is -0.176. The second-order valence-corrected chi connectivity index (χ2v) is 5.05. The van der Waals surface area contributed by atoms with Crippen LogP contribution in [0.3, 0.4) is 0 Å². The van der Waals surface area contributed by atoms with E-state index in [1.54, 1.807) is 0 Å². The van der Waals surface area contributed by atoms with Crippen LogP contribution in [-0.2, 0) is 0 Å². The van der Waals surface area contributed by atoms with Gasteiger partial charge in [-0.05, 0) is 32.4 Å². The molecule has 1 aliphatic rings. The van der Waals surface area contributed by atoms with Gasteiger partial charge in [0.1, 0.15) is 5.82 Å². The third kappa shape index (κ3) is 3.29. The Balaban J connectivity index is 1.93. The van der Waals surface area contributed by atoms with Gasteiger partial charge in [0.05, 0.1) is 0 Å². The molecule has 18 heavy (non-hydrogen) atoms. The fraction of sp³-hybridized carbons (Fsp3) is 0.750. The number of hydrogen-bond acceptors (Lipinski definition) is 4. The zero-order valence-corrected chi connectivity index (χ0v) is 11.0. The first-order valence-corrected chi connectivity index (χ1v) is 6.60. The first-order chi connectivity index (χ1) is 8.66. The lowest BCUT2D eigenvalue weighted by Gasteiger charge is -2.14. The molecule has 0 bridgehead atoms. The second-order valence-electron chi connectivity index (χ2n) is 5.05. The summed E-state index contributed by atoms with van der Waals surface area (Å²) in [4.78, 5) is 16.2. The van der Waals surface area contributed by atoms with E-state index in [4.69, 9.17) is 0 Å². The van der Waals surface area contributed by atoms with Gasteiger partial charge in [0.2, 0.25) is 5.82 Å². The molecule has 1 unspecified atom stereocenters. The van der Waals surface area contributed by atoms with E-state index in [1.807, 2.05) is 13.8 Å². The van der Waals surface area contributed by atoms with Gasteiger partial charge < -0.3 is 10.6 Å². The number of nitrogens with zero attached hydrogens (tertiary/aromatic N) is 2. The normalized spacial score (nSPS) is 20.7. The topological polar surface area (TPSA) is 82.7 Å². The predicted molar refractivity (Wildman–Crippen MR) is 68.4 cm³/mol. The second kappa shape index (κ2) is 5.95. The summed E-state index contributed by atoms with van der Waals surface area (Å²) in [6, 6.07) is 0.230. The zero-order chi connectivity index (χ0) is 13.0. The molecule has 1 saturated heterocycles. The molecule has 6 nitrogen and oxygen atoms in total. The number of nitrogens with one attached hydrogen (secondary N) is 3. The van der Waals surface area contributed by atoms with Crippen molar-refractivity contribution < 1.29 is 4.79 Å². The van der Waals surface area contributed by atoms with Gasteiger partial charge in [0, 0.05) is 12.0 Å². The first-order valence-electron chi connectivity index (χ1n) is 6.60. The Bertz CT molecular complexity index is 393. The molecule has 2 rings (SSSR count). The number of rotatable bonds is 3. The molecule has 1 amide bonds. The smallest absolute Gasteiger partial charge is 0.291 e. The van der Waals surface area contributed by atoms with Crippen LogP contribution in [0.25, 0.3) is 0 Å². The van der Waals surface area contributed by atoms with E-state index in [9.17, 15) is 4.79 Å². The summed E-state index contributed by atoms with van der Waals surface area (Å²) in [5.41, 5.74) is 0. The van der Waals surface area contributed by atoms with Crippen molar-refractivity contribution in [2.45, 2.75) is 45.1 Å². The highest BCUT2D eigenvalue weighted by Crippen LogP contribution is 2.09. The van der Waals surface area contributed by atoms with Crippen molar-refractivity contribution in [1.29, 1.82) is 0 Å². The van der Waals surface area contributed by atoms with E-state index in [-0.39, 0.29) is 23.7 Å². The molecule has 6 heteroatoms. The van der Waals surface area contributed by atoms with Crippen LogP contribution in [-0.4, -0.2) is 40.2 Å². The molecule has 1 aromatic rings. The molecule has 1 aromatic heterocycles. The van der Waals surface area contributed by atoms with Crippen LogP contribution in [0, 0.1) is 0 Å². The third-order valence-electron chi connectivity index (χ3n) is 3.16. The Morgan fingerprint density at radius 1 is 1.39 bits per heavy atom. The molecule has 2 heterocycles. The number of amides is 1. The van der Waals surface area contributed by atoms with E-state index in [1.165, 1.54) is 0 Å². The minimum absolute atomic E-state index is 0.176. The molecule has 0 saturated carbocycles. The lowest BCUT2D eigenvalue weighted by Crippen LogP contribution is -2.36. The molecule has 3 N–H and O–H groups in total. The number of aromatic nitrogens is 3. The Kier molecular flexibility index (Phi) is 4.30. The molecular formula is C12H21N5O. The van der Waals surface area contributed by atoms with E-state index >= 15 is 0 Å². The first kappa shape index (κ1) is 13.0. The lowest BCUT2D eigenvalue weighted by atomic mass is 10.1. The largest absolute Gasteiger partial charge is 0.346 e. The van der Waals surface area contributed by atoms with E-state index in [2.05, 4.69) is 25.8 Å². The van der Waals surface area contributed by atoms with Crippen molar-refractivity contribution in [3.05, 3.63) is 11.6 Å². The van der Waals surface area contributed by atoms with Crippen LogP contribution in [0.4, 0.5) is 0 Å². The molecule has 1 fully saturated rings. The fourth-order valence-electron chi connectivity index (χ4n) is 2.05. The van der Waals surface area contributed by atoms with Crippen molar-refractivity contribution in [2.24, 2.45) is 0 Å². The molecule has 0 aromatic carbocycles. The molecule has 0 spiro atoms. The summed E-state index contributed by atoms with van der Waals surface area (Å²) >= 11 is 0. The van der Waals surface area contributed by atoms with Crippen LogP contribution in [0.5, 0.6) is 0 Å². The predicted octanol–water partition coefficient (Wildman–Crippen LogP) is 0.800. The standard InChI is InChI=1S/C12H21N5O/c1-8(2)10-15-11(17-16-10)12(18)14-9-4-3-6-13-7-5-9/h8-9,13H,3-7H2,1-2H3,(H,14,18)(H,15,16,17). The van der Waals surface area contributed by atoms with Gasteiger partial charge in [-0.3, -0.25) is 9.89 Å². The summed E-state index contributed by atoms with van der Waals surface area (Å²) in [5, 5.41) is 13.1. The summed E-state index contributed by atoms with van der Waals surface area (Å²) in [5.74, 6) is 1.07. The average molecular weight is 251 g/mol. The summed E-state index contributed by atoms with van der Waals surface area (Å²) in [7, 11) is 0. The lowest BCUT2D eigenvalue weighted by molar-refractivity contribution is 0.0924. The van der Waals surface area contributed by atoms with Gasteiger partial charge in [-0.15, -0.1) is 5.10 Å². The monoisotopic (exact) mass is 251 g/mol. The molecule has 1 atom stereocenters. The van der Waals surface area contributed by atoms with Gasteiger partial charge in [0.25, 0.3) is 5.91 Å². The van der Waals surface area contributed by atoms with Crippen molar-refractivity contribution in [3.8, 4) is 0 Å². The van der Waals surface area contributed by atoms with Crippen LogP contribution in [0.15, 0.2) is 0 Å². The van der Waals surface area contributed by atoms with E-state index < -0.39 is 0 Å². The third-order valence-corrected chi connectivity index (χ3v) is 3.16. The molecule has 0 radical (unpaired) electrons. The van der Waals surface area contributed by atoms with Gasteiger partial charge in [-0.2, -0.15) is 0 Å². The quantitative estimate of drug-likeness (QED) is 0.742. The average Bonchev–Trinajstić information content (AvgIpc) is 2.70. The Hall–Kier alpha value is -1.43. The summed E-state index contributed by atoms with van der Waals surface area (Å²) < 4.78 is 0. The van der Waals surface area contributed by atoms with Crippen LogP contribution in [0.2, 0.25) is 0 Å². The van der Waals surface area contributed by atoms with E-state index in [0.717, 1.165) is 38.2 Å². The van der Waals surface area contributed by atoms with Crippen molar-refractivity contribution >= 4 is 5.91 Å². The highest BCUT2D eigenvalue weighted by Gasteiger charge is 2.19.